The van der Waals surface area contributed by atoms with Crippen LogP contribution in [0, 0.1) is 15.1 Å². The standard InChI is InChI=1S/C13H8F3IN2O/c14-13(15,16)10-5-8(6-18)1-3-11(10)19-7-9-2-4-12(17)20-9/h1-5,19H,7H2. The summed E-state index contributed by atoms with van der Waals surface area (Å²) >= 11 is 1.97. The second kappa shape index (κ2) is 5.75. The molecular weight excluding hydrogens is 384 g/mol. The van der Waals surface area contributed by atoms with E-state index in [0.717, 1.165) is 6.07 Å². The maximum atomic E-state index is 12.9. The average Bonchev–Trinajstić information content (AvgIpc) is 2.81. The number of nitriles is 1. The topological polar surface area (TPSA) is 49.0 Å². The van der Waals surface area contributed by atoms with Crippen LogP contribution in [0.2, 0.25) is 0 Å². The highest BCUT2D eigenvalue weighted by atomic mass is 127. The molecule has 0 radical (unpaired) electrons. The van der Waals surface area contributed by atoms with Crippen LogP contribution in [0.4, 0.5) is 18.9 Å². The van der Waals surface area contributed by atoms with Crippen molar-refractivity contribution >= 4 is 28.3 Å². The molecule has 20 heavy (non-hydrogen) atoms. The Morgan fingerprint density at radius 1 is 1.25 bits per heavy atom. The molecule has 1 heterocycles. The van der Waals surface area contributed by atoms with E-state index in [1.54, 1.807) is 18.2 Å². The van der Waals surface area contributed by atoms with Gasteiger partial charge in [-0.25, -0.2) is 0 Å². The first-order valence-electron chi connectivity index (χ1n) is 5.49. The molecule has 7 heteroatoms. The lowest BCUT2D eigenvalue weighted by Crippen LogP contribution is -2.11. The van der Waals surface area contributed by atoms with Gasteiger partial charge < -0.3 is 9.73 Å². The maximum absolute atomic E-state index is 12.9. The Bertz CT molecular complexity index is 658. The van der Waals surface area contributed by atoms with E-state index >= 15 is 0 Å². The van der Waals surface area contributed by atoms with Crippen LogP contribution in [0.15, 0.2) is 34.7 Å². The molecule has 1 N–H and O–H groups in total. The molecule has 0 aliphatic rings. The average molecular weight is 392 g/mol. The van der Waals surface area contributed by atoms with E-state index in [-0.39, 0.29) is 17.8 Å². The summed E-state index contributed by atoms with van der Waals surface area (Å²) in [7, 11) is 0. The highest BCUT2D eigenvalue weighted by Gasteiger charge is 2.33. The van der Waals surface area contributed by atoms with Crippen molar-refractivity contribution in [1.29, 1.82) is 5.26 Å². The Balaban J connectivity index is 2.25. The molecule has 104 valence electrons. The molecule has 0 bridgehead atoms. The number of hydrogen-bond donors (Lipinski definition) is 1. The molecule has 0 fully saturated rings. The van der Waals surface area contributed by atoms with E-state index in [0.29, 0.717) is 9.53 Å². The number of anilines is 1. The van der Waals surface area contributed by atoms with Gasteiger partial charge in [0.2, 0.25) is 0 Å². The first-order chi connectivity index (χ1) is 9.40. The quantitative estimate of drug-likeness (QED) is 0.789. The highest BCUT2D eigenvalue weighted by Crippen LogP contribution is 2.35. The zero-order valence-corrected chi connectivity index (χ0v) is 12.1. The first kappa shape index (κ1) is 14.7. The summed E-state index contributed by atoms with van der Waals surface area (Å²) in [5.41, 5.74) is -0.976. The zero-order valence-electron chi connectivity index (χ0n) is 9.96. The smallest absolute Gasteiger partial charge is 0.418 e. The van der Waals surface area contributed by atoms with E-state index < -0.39 is 11.7 Å². The lowest BCUT2D eigenvalue weighted by molar-refractivity contribution is -0.137. The van der Waals surface area contributed by atoms with Gasteiger partial charge in [-0.15, -0.1) is 0 Å². The van der Waals surface area contributed by atoms with Crippen molar-refractivity contribution in [2.75, 3.05) is 5.32 Å². The maximum Gasteiger partial charge on any atom is 0.418 e. The molecule has 0 unspecified atom stereocenters. The number of rotatable bonds is 3. The molecule has 0 atom stereocenters. The van der Waals surface area contributed by atoms with Gasteiger partial charge in [0.1, 0.15) is 5.76 Å². The fraction of sp³-hybridized carbons (Fsp3) is 0.154. The predicted octanol–water partition coefficient (Wildman–Crippen LogP) is 4.39. The van der Waals surface area contributed by atoms with Crippen LogP contribution in [-0.4, -0.2) is 0 Å². The number of nitrogens with zero attached hydrogens (tertiary/aromatic N) is 1. The van der Waals surface area contributed by atoms with Crippen molar-refractivity contribution in [2.24, 2.45) is 0 Å². The number of alkyl halides is 3. The van der Waals surface area contributed by atoms with Crippen LogP contribution in [-0.2, 0) is 12.7 Å². The molecule has 1 aromatic carbocycles. The number of nitrogens with one attached hydrogen (secondary N) is 1. The lowest BCUT2D eigenvalue weighted by atomic mass is 10.1. The molecule has 0 spiro atoms. The molecule has 0 saturated carbocycles. The second-order valence-electron chi connectivity index (χ2n) is 3.93. The Morgan fingerprint density at radius 3 is 2.55 bits per heavy atom. The van der Waals surface area contributed by atoms with Crippen molar-refractivity contribution in [2.45, 2.75) is 12.7 Å². The van der Waals surface area contributed by atoms with Crippen LogP contribution in [0.5, 0.6) is 0 Å². The monoisotopic (exact) mass is 392 g/mol. The Morgan fingerprint density at radius 2 is 2.00 bits per heavy atom. The van der Waals surface area contributed by atoms with Crippen molar-refractivity contribution in [3.05, 3.63) is 51.0 Å². The van der Waals surface area contributed by atoms with Crippen LogP contribution < -0.4 is 5.32 Å². The zero-order chi connectivity index (χ0) is 14.8. The fourth-order valence-corrected chi connectivity index (χ4v) is 2.09. The van der Waals surface area contributed by atoms with Gasteiger partial charge in [-0.2, -0.15) is 18.4 Å². The van der Waals surface area contributed by atoms with Gasteiger partial charge in [0, 0.05) is 5.69 Å². The third kappa shape index (κ3) is 3.45. The summed E-state index contributed by atoms with van der Waals surface area (Å²) in [4.78, 5) is 0. The van der Waals surface area contributed by atoms with Crippen LogP contribution in [0.25, 0.3) is 0 Å². The van der Waals surface area contributed by atoms with Crippen molar-refractivity contribution in [3.8, 4) is 6.07 Å². The normalized spacial score (nSPS) is 11.2. The molecule has 1 aromatic heterocycles. The van der Waals surface area contributed by atoms with Crippen LogP contribution in [0.3, 0.4) is 0 Å². The summed E-state index contributed by atoms with van der Waals surface area (Å²) in [6.07, 6.45) is -4.52. The SMILES string of the molecule is N#Cc1ccc(NCc2ccc(I)o2)c(C(F)(F)F)c1. The van der Waals surface area contributed by atoms with Gasteiger partial charge in [0.25, 0.3) is 0 Å². The summed E-state index contributed by atoms with van der Waals surface area (Å²) in [5, 5.41) is 11.3. The van der Waals surface area contributed by atoms with Crippen molar-refractivity contribution < 1.29 is 17.6 Å². The summed E-state index contributed by atoms with van der Waals surface area (Å²) in [6.45, 7) is 0.137. The first-order valence-corrected chi connectivity index (χ1v) is 6.57. The van der Waals surface area contributed by atoms with Crippen LogP contribution in [0.1, 0.15) is 16.9 Å². The third-order valence-electron chi connectivity index (χ3n) is 2.54. The van der Waals surface area contributed by atoms with E-state index in [9.17, 15) is 13.2 Å². The Kier molecular flexibility index (Phi) is 4.23. The highest BCUT2D eigenvalue weighted by molar-refractivity contribution is 14.1. The lowest BCUT2D eigenvalue weighted by Gasteiger charge is -2.14. The second-order valence-corrected chi connectivity index (χ2v) is 4.99. The van der Waals surface area contributed by atoms with E-state index in [4.69, 9.17) is 9.68 Å². The van der Waals surface area contributed by atoms with Gasteiger partial charge >= 0.3 is 6.18 Å². The predicted molar refractivity (Wildman–Crippen MR) is 74.9 cm³/mol. The van der Waals surface area contributed by atoms with Gasteiger partial charge in [-0.1, -0.05) is 0 Å². The minimum Gasteiger partial charge on any atom is -0.454 e. The van der Waals surface area contributed by atoms with Gasteiger partial charge in [0.05, 0.1) is 23.7 Å². The molecule has 0 aliphatic carbocycles. The molecule has 0 saturated heterocycles. The third-order valence-corrected chi connectivity index (χ3v) is 3.12. The van der Waals surface area contributed by atoms with Crippen LogP contribution >= 0.6 is 22.6 Å². The largest absolute Gasteiger partial charge is 0.454 e. The van der Waals surface area contributed by atoms with Gasteiger partial charge in [-0.05, 0) is 52.9 Å². The van der Waals surface area contributed by atoms with E-state index in [1.165, 1.54) is 12.1 Å². The molecule has 2 rings (SSSR count). The molecule has 3 nitrogen and oxygen atoms in total. The minimum absolute atomic E-state index is 0.0320. The van der Waals surface area contributed by atoms with E-state index in [2.05, 4.69) is 5.32 Å². The number of hydrogen-bond acceptors (Lipinski definition) is 3. The molecule has 0 aliphatic heterocycles. The summed E-state index contributed by atoms with van der Waals surface area (Å²) in [5.74, 6) is 0.534. The number of benzene rings is 1. The Labute approximate surface area is 126 Å². The number of furan rings is 1. The van der Waals surface area contributed by atoms with Crippen molar-refractivity contribution in [1.82, 2.24) is 0 Å². The Hall–Kier alpha value is -1.69. The fourth-order valence-electron chi connectivity index (χ4n) is 1.63. The van der Waals surface area contributed by atoms with Gasteiger partial charge in [-0.3, -0.25) is 0 Å². The molecule has 2 aromatic rings. The summed E-state index contributed by atoms with van der Waals surface area (Å²) < 4.78 is 44.7. The number of halogens is 4. The molecule has 0 amide bonds. The van der Waals surface area contributed by atoms with E-state index in [1.807, 2.05) is 22.6 Å². The molecular formula is C13H8F3IN2O. The van der Waals surface area contributed by atoms with Crippen molar-refractivity contribution in [3.63, 3.8) is 0 Å². The minimum atomic E-state index is -4.52. The van der Waals surface area contributed by atoms with Gasteiger partial charge in [0.15, 0.2) is 3.77 Å². The summed E-state index contributed by atoms with van der Waals surface area (Å²) in [6, 6.07) is 8.52.